The van der Waals surface area contributed by atoms with Gasteiger partial charge >= 0.3 is 5.97 Å². The molecule has 1 saturated carbocycles. The van der Waals surface area contributed by atoms with Crippen molar-refractivity contribution < 1.29 is 32.6 Å². The van der Waals surface area contributed by atoms with E-state index in [9.17, 15) is 18.0 Å². The number of benzene rings is 2. The number of sulfonamides is 1. The van der Waals surface area contributed by atoms with Crippen LogP contribution in [0.1, 0.15) is 31.7 Å². The van der Waals surface area contributed by atoms with Crippen LogP contribution in [-0.4, -0.2) is 54.6 Å². The smallest absolute Gasteiger partial charge is 0.318 e. The van der Waals surface area contributed by atoms with Crippen molar-refractivity contribution in [2.45, 2.75) is 36.5 Å². The Hall–Kier alpha value is -3.96. The Balaban J connectivity index is 1.32. The van der Waals surface area contributed by atoms with Crippen LogP contribution in [-0.2, 0) is 25.0 Å². The third-order valence-electron chi connectivity index (χ3n) is 6.67. The second-order valence-electron chi connectivity index (χ2n) is 9.27. The summed E-state index contributed by atoms with van der Waals surface area (Å²) in [5.41, 5.74) is 1.43. The number of carboxylic acids is 1. The van der Waals surface area contributed by atoms with Crippen LogP contribution in [0.4, 0.5) is 5.82 Å². The predicted molar refractivity (Wildman–Crippen MR) is 138 cm³/mol. The van der Waals surface area contributed by atoms with Crippen molar-refractivity contribution in [2.75, 3.05) is 25.2 Å². The van der Waals surface area contributed by atoms with Gasteiger partial charge in [-0.2, -0.15) is 4.31 Å². The van der Waals surface area contributed by atoms with Crippen molar-refractivity contribution in [3.63, 3.8) is 0 Å². The molecular formula is C27H27N3O7S. The van der Waals surface area contributed by atoms with Crippen LogP contribution in [0.2, 0.25) is 0 Å². The van der Waals surface area contributed by atoms with Gasteiger partial charge < -0.3 is 19.9 Å². The largest absolute Gasteiger partial charge is 0.480 e. The molecule has 10 nitrogen and oxygen atoms in total. The molecule has 0 radical (unpaired) electrons. The van der Waals surface area contributed by atoms with Crippen molar-refractivity contribution >= 4 is 27.7 Å². The van der Waals surface area contributed by atoms with E-state index >= 15 is 0 Å². The van der Waals surface area contributed by atoms with Gasteiger partial charge in [0.15, 0.2) is 11.5 Å². The first-order valence-corrected chi connectivity index (χ1v) is 13.7. The summed E-state index contributed by atoms with van der Waals surface area (Å²) in [6.07, 6.45) is 1.92. The SMILES string of the molecule is CCCN(CC(=O)O)S(=O)(=O)c1ccc(-c2cccc(NC(=O)C3(c4ccc5c(c4)OCO5)CC3)n2)cc1. The molecule has 1 amide bonds. The molecule has 0 spiro atoms. The van der Waals surface area contributed by atoms with E-state index in [2.05, 4.69) is 10.3 Å². The molecule has 11 heteroatoms. The van der Waals surface area contributed by atoms with E-state index in [0.29, 0.717) is 47.8 Å². The van der Waals surface area contributed by atoms with Gasteiger partial charge in [0.2, 0.25) is 22.7 Å². The first-order chi connectivity index (χ1) is 18.2. The molecule has 0 unspecified atom stereocenters. The van der Waals surface area contributed by atoms with Gasteiger partial charge in [-0.15, -0.1) is 0 Å². The summed E-state index contributed by atoms with van der Waals surface area (Å²) in [5, 5.41) is 12.0. The Labute approximate surface area is 220 Å². The Morgan fingerprint density at radius 2 is 1.79 bits per heavy atom. The van der Waals surface area contributed by atoms with Crippen LogP contribution in [0.3, 0.4) is 0 Å². The van der Waals surface area contributed by atoms with Gasteiger partial charge in [0.1, 0.15) is 12.4 Å². The van der Waals surface area contributed by atoms with Crippen molar-refractivity contribution in [3.8, 4) is 22.8 Å². The number of nitrogens with zero attached hydrogens (tertiary/aromatic N) is 2. The molecule has 2 N–H and O–H groups in total. The summed E-state index contributed by atoms with van der Waals surface area (Å²) < 4.78 is 37.7. The second kappa shape index (κ2) is 10.1. The molecule has 1 aromatic heterocycles. The lowest BCUT2D eigenvalue weighted by Gasteiger charge is -2.19. The monoisotopic (exact) mass is 537 g/mol. The van der Waals surface area contributed by atoms with E-state index in [1.54, 1.807) is 37.3 Å². The van der Waals surface area contributed by atoms with Gasteiger partial charge in [-0.05, 0) is 61.2 Å². The van der Waals surface area contributed by atoms with E-state index in [4.69, 9.17) is 14.6 Å². The quantitative estimate of drug-likeness (QED) is 0.400. The Kier molecular flexibility index (Phi) is 6.80. The topological polar surface area (TPSA) is 135 Å². The fourth-order valence-electron chi connectivity index (χ4n) is 4.50. The molecule has 198 valence electrons. The van der Waals surface area contributed by atoms with Gasteiger partial charge in [-0.3, -0.25) is 9.59 Å². The Morgan fingerprint density at radius 3 is 2.47 bits per heavy atom. The highest BCUT2D eigenvalue weighted by molar-refractivity contribution is 7.89. The number of aliphatic carboxylic acids is 1. The highest BCUT2D eigenvalue weighted by Gasteiger charge is 2.51. The van der Waals surface area contributed by atoms with Crippen LogP contribution in [0.25, 0.3) is 11.3 Å². The number of hydrogen-bond acceptors (Lipinski definition) is 7. The van der Waals surface area contributed by atoms with Crippen molar-refractivity contribution in [1.29, 1.82) is 0 Å². The van der Waals surface area contributed by atoms with Gasteiger partial charge in [-0.1, -0.05) is 31.2 Å². The molecule has 5 rings (SSSR count). The van der Waals surface area contributed by atoms with E-state index in [0.717, 1.165) is 9.87 Å². The lowest BCUT2D eigenvalue weighted by atomic mass is 9.94. The zero-order valence-corrected chi connectivity index (χ0v) is 21.5. The van der Waals surface area contributed by atoms with Gasteiger partial charge in [-0.25, -0.2) is 13.4 Å². The summed E-state index contributed by atoms with van der Waals surface area (Å²) in [4.78, 5) is 29.0. The van der Waals surface area contributed by atoms with Gasteiger partial charge in [0.05, 0.1) is 16.0 Å². The molecule has 0 saturated heterocycles. The number of amides is 1. The number of aromatic nitrogens is 1. The number of carboxylic acid groups (broad SMARTS) is 1. The molecule has 38 heavy (non-hydrogen) atoms. The standard InChI is InChI=1S/C27H27N3O7S/c1-2-14-30(16-25(31)32)38(34,35)20-9-6-18(7-10-20)21-4-3-5-24(28-21)29-26(33)27(12-13-27)19-8-11-22-23(15-19)37-17-36-22/h3-11,15H,2,12-14,16-17H2,1H3,(H,31,32)(H,28,29,33). The molecule has 1 aliphatic heterocycles. The third kappa shape index (κ3) is 4.94. The average Bonchev–Trinajstić information content (AvgIpc) is 3.59. The molecule has 1 fully saturated rings. The minimum absolute atomic E-state index is 0.000177. The average molecular weight is 538 g/mol. The minimum atomic E-state index is -3.96. The van der Waals surface area contributed by atoms with E-state index in [1.807, 2.05) is 18.2 Å². The number of carbonyl (C=O) groups excluding carboxylic acids is 1. The molecule has 2 aliphatic rings. The lowest BCUT2D eigenvalue weighted by molar-refractivity contribution is -0.137. The third-order valence-corrected chi connectivity index (χ3v) is 8.53. The maximum atomic E-state index is 13.3. The molecule has 3 aromatic rings. The zero-order valence-electron chi connectivity index (χ0n) is 20.7. The molecule has 1 aliphatic carbocycles. The summed E-state index contributed by atoms with van der Waals surface area (Å²) in [6, 6.07) is 16.9. The molecule has 2 aromatic carbocycles. The van der Waals surface area contributed by atoms with Gasteiger partial charge in [0, 0.05) is 12.1 Å². The number of rotatable bonds is 10. The predicted octanol–water partition coefficient (Wildman–Crippen LogP) is 3.63. The number of anilines is 1. The lowest BCUT2D eigenvalue weighted by Crippen LogP contribution is -2.36. The Bertz CT molecular complexity index is 1480. The highest BCUT2D eigenvalue weighted by atomic mass is 32.2. The molecule has 0 atom stereocenters. The molecule has 2 heterocycles. The number of carbonyl (C=O) groups is 2. The summed E-state index contributed by atoms with van der Waals surface area (Å²) in [6.45, 7) is 1.45. The van der Waals surface area contributed by atoms with E-state index in [1.165, 1.54) is 12.1 Å². The number of nitrogens with one attached hydrogen (secondary N) is 1. The number of ether oxygens (including phenoxy) is 2. The maximum absolute atomic E-state index is 13.3. The maximum Gasteiger partial charge on any atom is 0.318 e. The molecule has 0 bridgehead atoms. The molecular weight excluding hydrogens is 510 g/mol. The summed E-state index contributed by atoms with van der Waals surface area (Å²) in [7, 11) is -3.96. The highest BCUT2D eigenvalue weighted by Crippen LogP contribution is 2.51. The van der Waals surface area contributed by atoms with E-state index < -0.39 is 28.0 Å². The fraction of sp³-hybridized carbons (Fsp3) is 0.296. The van der Waals surface area contributed by atoms with Crippen molar-refractivity contribution in [1.82, 2.24) is 9.29 Å². The Morgan fingerprint density at radius 1 is 1.05 bits per heavy atom. The first-order valence-electron chi connectivity index (χ1n) is 12.2. The van der Waals surface area contributed by atoms with Crippen LogP contribution < -0.4 is 14.8 Å². The van der Waals surface area contributed by atoms with Crippen molar-refractivity contribution in [2.24, 2.45) is 0 Å². The van der Waals surface area contributed by atoms with Crippen LogP contribution >= 0.6 is 0 Å². The van der Waals surface area contributed by atoms with Crippen LogP contribution in [0.15, 0.2) is 65.6 Å². The normalized spacial score (nSPS) is 15.3. The summed E-state index contributed by atoms with van der Waals surface area (Å²) >= 11 is 0. The summed E-state index contributed by atoms with van der Waals surface area (Å²) in [5.74, 6) is 0.308. The number of pyridine rings is 1. The fourth-order valence-corrected chi connectivity index (χ4v) is 5.98. The van der Waals surface area contributed by atoms with Crippen LogP contribution in [0, 0.1) is 0 Å². The van der Waals surface area contributed by atoms with E-state index in [-0.39, 0.29) is 24.1 Å². The zero-order chi connectivity index (χ0) is 26.9. The van der Waals surface area contributed by atoms with Crippen molar-refractivity contribution in [3.05, 3.63) is 66.2 Å². The number of hydrogen-bond donors (Lipinski definition) is 2. The first kappa shape index (κ1) is 25.7. The number of fused-ring (bicyclic) bond motifs is 1. The van der Waals surface area contributed by atoms with Crippen LogP contribution in [0.5, 0.6) is 11.5 Å². The van der Waals surface area contributed by atoms with Gasteiger partial charge in [0.25, 0.3) is 0 Å². The minimum Gasteiger partial charge on any atom is -0.480 e. The second-order valence-corrected chi connectivity index (χ2v) is 11.2.